The lowest BCUT2D eigenvalue weighted by molar-refractivity contribution is -0.136. The van der Waals surface area contributed by atoms with Crippen LogP contribution in [-0.4, -0.2) is 43.1 Å². The molecule has 1 aromatic carbocycles. The molecule has 1 heterocycles. The molecule has 1 amide bonds. The summed E-state index contributed by atoms with van der Waals surface area (Å²) in [5.74, 6) is 0.912. The van der Waals surface area contributed by atoms with E-state index in [2.05, 4.69) is 25.2 Å². The minimum absolute atomic E-state index is 0.105. The molecular weight excluding hydrogens is 276 g/mol. The highest BCUT2D eigenvalue weighted by molar-refractivity contribution is 5.78. The number of piperidine rings is 1. The van der Waals surface area contributed by atoms with Crippen LogP contribution >= 0.6 is 0 Å². The number of carbonyl (C=O) groups is 1. The summed E-state index contributed by atoms with van der Waals surface area (Å²) >= 11 is 0. The number of nitrogens with one attached hydrogen (secondary N) is 1. The Morgan fingerprint density at radius 2 is 2.05 bits per heavy atom. The van der Waals surface area contributed by atoms with Crippen molar-refractivity contribution in [3.05, 3.63) is 29.3 Å². The predicted octanol–water partition coefficient (Wildman–Crippen LogP) is 2.67. The Morgan fingerprint density at radius 1 is 1.32 bits per heavy atom. The van der Waals surface area contributed by atoms with Crippen molar-refractivity contribution >= 4 is 5.91 Å². The van der Waals surface area contributed by atoms with Crippen LogP contribution in [0.15, 0.2) is 18.2 Å². The summed E-state index contributed by atoms with van der Waals surface area (Å²) in [5.41, 5.74) is 2.29. The van der Waals surface area contributed by atoms with Gasteiger partial charge in [-0.25, -0.2) is 0 Å². The van der Waals surface area contributed by atoms with Crippen molar-refractivity contribution in [1.29, 1.82) is 0 Å². The number of amides is 1. The first kappa shape index (κ1) is 16.8. The summed E-state index contributed by atoms with van der Waals surface area (Å²) in [6.45, 7) is 9.14. The molecule has 0 unspecified atom stereocenters. The minimum Gasteiger partial charge on any atom is -0.484 e. The minimum atomic E-state index is 0.105. The van der Waals surface area contributed by atoms with E-state index in [1.807, 2.05) is 24.0 Å². The zero-order valence-corrected chi connectivity index (χ0v) is 14.0. The third-order valence-electron chi connectivity index (χ3n) is 4.22. The van der Waals surface area contributed by atoms with Gasteiger partial charge in [-0.2, -0.15) is 0 Å². The van der Waals surface area contributed by atoms with Gasteiger partial charge in [0.25, 0.3) is 5.91 Å². The lowest BCUT2D eigenvalue weighted by Crippen LogP contribution is -2.48. The molecule has 0 aliphatic carbocycles. The van der Waals surface area contributed by atoms with E-state index in [1.165, 1.54) is 5.56 Å². The average molecular weight is 304 g/mol. The van der Waals surface area contributed by atoms with Crippen molar-refractivity contribution in [2.75, 3.05) is 26.2 Å². The van der Waals surface area contributed by atoms with E-state index in [0.29, 0.717) is 6.04 Å². The number of nitrogens with zero attached hydrogens (tertiary/aromatic N) is 1. The van der Waals surface area contributed by atoms with Crippen LogP contribution in [0, 0.1) is 13.8 Å². The Kier molecular flexibility index (Phi) is 6.25. The SMILES string of the molecule is CCCN(C(=O)COc1ccc(C)cc1C)C1CCNCC1. The zero-order valence-electron chi connectivity index (χ0n) is 14.0. The number of aryl methyl sites for hydroxylation is 2. The summed E-state index contributed by atoms with van der Waals surface area (Å²) in [7, 11) is 0. The van der Waals surface area contributed by atoms with Gasteiger partial charge >= 0.3 is 0 Å². The van der Waals surface area contributed by atoms with Crippen molar-refractivity contribution in [3.8, 4) is 5.75 Å². The summed E-state index contributed by atoms with van der Waals surface area (Å²) in [6, 6.07) is 6.41. The second-order valence-corrected chi connectivity index (χ2v) is 6.13. The second-order valence-electron chi connectivity index (χ2n) is 6.13. The molecule has 4 nitrogen and oxygen atoms in total. The first-order valence-corrected chi connectivity index (χ1v) is 8.32. The van der Waals surface area contributed by atoms with Gasteiger partial charge in [-0.15, -0.1) is 0 Å². The molecular formula is C18H28N2O2. The average Bonchev–Trinajstić information content (AvgIpc) is 2.52. The van der Waals surface area contributed by atoms with Gasteiger partial charge in [0.15, 0.2) is 6.61 Å². The van der Waals surface area contributed by atoms with Gasteiger partial charge in [-0.05, 0) is 57.8 Å². The van der Waals surface area contributed by atoms with E-state index < -0.39 is 0 Å². The van der Waals surface area contributed by atoms with E-state index in [-0.39, 0.29) is 12.5 Å². The maximum Gasteiger partial charge on any atom is 0.260 e. The van der Waals surface area contributed by atoms with E-state index in [4.69, 9.17) is 4.74 Å². The first-order chi connectivity index (χ1) is 10.6. The van der Waals surface area contributed by atoms with Gasteiger partial charge < -0.3 is 15.0 Å². The summed E-state index contributed by atoms with van der Waals surface area (Å²) in [6.07, 6.45) is 3.06. The fraction of sp³-hybridized carbons (Fsp3) is 0.611. The fourth-order valence-corrected chi connectivity index (χ4v) is 3.05. The Balaban J connectivity index is 1.95. The second kappa shape index (κ2) is 8.18. The van der Waals surface area contributed by atoms with E-state index in [1.54, 1.807) is 0 Å². The highest BCUT2D eigenvalue weighted by atomic mass is 16.5. The van der Waals surface area contributed by atoms with Crippen molar-refractivity contribution in [2.45, 2.75) is 46.1 Å². The topological polar surface area (TPSA) is 41.6 Å². The monoisotopic (exact) mass is 304 g/mol. The summed E-state index contributed by atoms with van der Waals surface area (Å²) < 4.78 is 5.76. The van der Waals surface area contributed by atoms with Crippen LogP contribution in [0.2, 0.25) is 0 Å². The van der Waals surface area contributed by atoms with Crippen molar-refractivity contribution in [1.82, 2.24) is 10.2 Å². The van der Waals surface area contributed by atoms with Crippen molar-refractivity contribution < 1.29 is 9.53 Å². The van der Waals surface area contributed by atoms with Gasteiger partial charge in [0, 0.05) is 12.6 Å². The maximum absolute atomic E-state index is 12.6. The van der Waals surface area contributed by atoms with Crippen molar-refractivity contribution in [2.24, 2.45) is 0 Å². The van der Waals surface area contributed by atoms with Crippen LogP contribution in [0.1, 0.15) is 37.3 Å². The highest BCUT2D eigenvalue weighted by Gasteiger charge is 2.24. The van der Waals surface area contributed by atoms with Gasteiger partial charge in [-0.1, -0.05) is 24.6 Å². The third-order valence-corrected chi connectivity index (χ3v) is 4.22. The van der Waals surface area contributed by atoms with Crippen LogP contribution in [0.3, 0.4) is 0 Å². The molecule has 1 aliphatic heterocycles. The zero-order chi connectivity index (χ0) is 15.9. The molecule has 0 spiro atoms. The quantitative estimate of drug-likeness (QED) is 0.878. The van der Waals surface area contributed by atoms with Crippen LogP contribution in [-0.2, 0) is 4.79 Å². The molecule has 0 aromatic heterocycles. The van der Waals surface area contributed by atoms with Gasteiger partial charge in [0.2, 0.25) is 0 Å². The Hall–Kier alpha value is -1.55. The normalized spacial score (nSPS) is 15.6. The van der Waals surface area contributed by atoms with Gasteiger partial charge in [-0.3, -0.25) is 4.79 Å². The number of hydrogen-bond donors (Lipinski definition) is 1. The molecule has 0 atom stereocenters. The molecule has 0 saturated carbocycles. The molecule has 122 valence electrons. The standard InChI is InChI=1S/C18H28N2O2/c1-4-11-20(16-7-9-19-10-8-16)18(21)13-22-17-6-5-14(2)12-15(17)3/h5-6,12,16,19H,4,7-11,13H2,1-3H3. The number of carbonyl (C=O) groups excluding carboxylic acids is 1. The summed E-state index contributed by atoms with van der Waals surface area (Å²) in [4.78, 5) is 14.6. The maximum atomic E-state index is 12.6. The number of hydrogen-bond acceptors (Lipinski definition) is 3. The first-order valence-electron chi connectivity index (χ1n) is 8.32. The molecule has 1 N–H and O–H groups in total. The molecule has 1 aromatic rings. The fourth-order valence-electron chi connectivity index (χ4n) is 3.05. The van der Waals surface area contributed by atoms with Crippen LogP contribution in [0.5, 0.6) is 5.75 Å². The largest absolute Gasteiger partial charge is 0.484 e. The molecule has 1 fully saturated rings. The lowest BCUT2D eigenvalue weighted by Gasteiger charge is -2.34. The number of ether oxygens (including phenoxy) is 1. The van der Waals surface area contributed by atoms with E-state index in [9.17, 15) is 4.79 Å². The van der Waals surface area contributed by atoms with Crippen LogP contribution < -0.4 is 10.1 Å². The molecule has 4 heteroatoms. The number of benzene rings is 1. The number of rotatable bonds is 6. The van der Waals surface area contributed by atoms with Crippen LogP contribution in [0.25, 0.3) is 0 Å². The smallest absolute Gasteiger partial charge is 0.260 e. The molecule has 0 bridgehead atoms. The molecule has 0 radical (unpaired) electrons. The highest BCUT2D eigenvalue weighted by Crippen LogP contribution is 2.19. The molecule has 2 rings (SSSR count). The van der Waals surface area contributed by atoms with Crippen molar-refractivity contribution in [3.63, 3.8) is 0 Å². The third kappa shape index (κ3) is 4.47. The van der Waals surface area contributed by atoms with Crippen LogP contribution in [0.4, 0.5) is 0 Å². The predicted molar refractivity (Wildman–Crippen MR) is 89.3 cm³/mol. The van der Waals surface area contributed by atoms with E-state index >= 15 is 0 Å². The molecule has 22 heavy (non-hydrogen) atoms. The van der Waals surface area contributed by atoms with E-state index in [0.717, 1.165) is 50.2 Å². The summed E-state index contributed by atoms with van der Waals surface area (Å²) in [5, 5.41) is 3.35. The Labute approximate surface area is 133 Å². The van der Waals surface area contributed by atoms with Gasteiger partial charge in [0.05, 0.1) is 0 Å². The molecule has 1 saturated heterocycles. The lowest BCUT2D eigenvalue weighted by atomic mass is 10.0. The Morgan fingerprint density at radius 3 is 2.68 bits per heavy atom. The van der Waals surface area contributed by atoms with Gasteiger partial charge in [0.1, 0.15) is 5.75 Å². The Bertz CT molecular complexity index is 496. The molecule has 1 aliphatic rings.